The Hall–Kier alpha value is -1.16. The number of rotatable bonds is 1. The van der Waals surface area contributed by atoms with E-state index in [1.807, 2.05) is 0 Å². The van der Waals surface area contributed by atoms with E-state index >= 15 is 0 Å². The van der Waals surface area contributed by atoms with Gasteiger partial charge in [0.15, 0.2) is 0 Å². The van der Waals surface area contributed by atoms with Crippen LogP contribution in [-0.2, 0) is 0 Å². The minimum Gasteiger partial charge on any atom is -0.396 e. The number of anilines is 1. The summed E-state index contributed by atoms with van der Waals surface area (Å²) in [5.74, 6) is -1.06. The van der Waals surface area contributed by atoms with E-state index in [2.05, 4.69) is 5.32 Å². The number of hydrogen-bond acceptors (Lipinski definition) is 2. The van der Waals surface area contributed by atoms with Crippen molar-refractivity contribution in [2.24, 2.45) is 0 Å². The zero-order valence-electron chi connectivity index (χ0n) is 7.69. The van der Waals surface area contributed by atoms with E-state index in [1.165, 1.54) is 6.07 Å². The average Bonchev–Trinajstić information content (AvgIpc) is 2.64. The number of hydrogen-bond donors (Lipinski definition) is 2. The molecule has 0 saturated carbocycles. The van der Waals surface area contributed by atoms with Crippen molar-refractivity contribution < 1.29 is 8.78 Å². The van der Waals surface area contributed by atoms with Gasteiger partial charge in [-0.05, 0) is 24.6 Å². The van der Waals surface area contributed by atoms with Crippen molar-refractivity contribution >= 4 is 5.69 Å². The fourth-order valence-corrected chi connectivity index (χ4v) is 1.82. The zero-order chi connectivity index (χ0) is 10.1. The Morgan fingerprint density at radius 2 is 2.07 bits per heavy atom. The fraction of sp³-hybridized carbons (Fsp3) is 0.400. The molecular formula is C10H12F2N2. The van der Waals surface area contributed by atoms with Crippen molar-refractivity contribution in [3.8, 4) is 0 Å². The first kappa shape index (κ1) is 9.40. The van der Waals surface area contributed by atoms with Gasteiger partial charge in [0.05, 0.1) is 5.69 Å². The highest BCUT2D eigenvalue weighted by Gasteiger charge is 2.21. The summed E-state index contributed by atoms with van der Waals surface area (Å²) < 4.78 is 26.2. The van der Waals surface area contributed by atoms with Crippen LogP contribution in [0.15, 0.2) is 12.1 Å². The summed E-state index contributed by atoms with van der Waals surface area (Å²) >= 11 is 0. The first-order valence-corrected chi connectivity index (χ1v) is 4.63. The molecule has 2 rings (SSSR count). The second-order valence-electron chi connectivity index (χ2n) is 3.58. The summed E-state index contributed by atoms with van der Waals surface area (Å²) in [6.45, 7) is 1.61. The van der Waals surface area contributed by atoms with Gasteiger partial charge in [0.25, 0.3) is 0 Å². The largest absolute Gasteiger partial charge is 0.396 e. The average molecular weight is 198 g/mol. The third-order valence-electron chi connectivity index (χ3n) is 2.62. The lowest BCUT2D eigenvalue weighted by Crippen LogP contribution is -2.09. The quantitative estimate of drug-likeness (QED) is 0.673. The monoisotopic (exact) mass is 198 g/mol. The molecule has 0 bridgehead atoms. The predicted octanol–water partition coefficient (Wildman–Crippen LogP) is 1.62. The smallest absolute Gasteiger partial charge is 0.149 e. The molecule has 0 radical (unpaired) electrons. The first-order chi connectivity index (χ1) is 6.68. The molecule has 1 saturated heterocycles. The molecule has 1 aliphatic heterocycles. The molecule has 2 nitrogen and oxygen atoms in total. The van der Waals surface area contributed by atoms with Gasteiger partial charge in [-0.3, -0.25) is 0 Å². The highest BCUT2D eigenvalue weighted by molar-refractivity contribution is 5.44. The van der Waals surface area contributed by atoms with Gasteiger partial charge in [-0.15, -0.1) is 0 Å². The van der Waals surface area contributed by atoms with Crippen LogP contribution >= 0.6 is 0 Å². The van der Waals surface area contributed by atoms with Crippen LogP contribution in [-0.4, -0.2) is 13.1 Å². The van der Waals surface area contributed by atoms with Gasteiger partial charge in [0, 0.05) is 18.5 Å². The van der Waals surface area contributed by atoms with E-state index < -0.39 is 11.6 Å². The lowest BCUT2D eigenvalue weighted by atomic mass is 9.97. The Bertz CT molecular complexity index is 346. The number of nitrogens with two attached hydrogens (primary N) is 1. The molecule has 3 N–H and O–H groups in total. The van der Waals surface area contributed by atoms with E-state index in [9.17, 15) is 8.78 Å². The van der Waals surface area contributed by atoms with Gasteiger partial charge in [-0.25, -0.2) is 8.78 Å². The SMILES string of the molecule is Nc1cc(C2CCNC2)c(F)cc1F. The lowest BCUT2D eigenvalue weighted by Gasteiger charge is -2.11. The molecule has 0 aliphatic carbocycles. The van der Waals surface area contributed by atoms with Crippen molar-refractivity contribution in [2.75, 3.05) is 18.8 Å². The van der Waals surface area contributed by atoms with Crippen LogP contribution in [0.3, 0.4) is 0 Å². The van der Waals surface area contributed by atoms with E-state index in [4.69, 9.17) is 5.73 Å². The normalized spacial score (nSPS) is 21.4. The number of nitrogen functional groups attached to an aromatic ring is 1. The molecule has 1 aromatic carbocycles. The maximum atomic E-state index is 13.4. The van der Waals surface area contributed by atoms with Crippen molar-refractivity contribution in [1.29, 1.82) is 0 Å². The second kappa shape index (κ2) is 3.53. The van der Waals surface area contributed by atoms with E-state index in [-0.39, 0.29) is 11.6 Å². The number of nitrogens with one attached hydrogen (secondary N) is 1. The predicted molar refractivity (Wildman–Crippen MR) is 51.0 cm³/mol. The third kappa shape index (κ3) is 1.57. The van der Waals surface area contributed by atoms with Crippen molar-refractivity contribution in [3.63, 3.8) is 0 Å². The molecule has 1 fully saturated rings. The van der Waals surface area contributed by atoms with Crippen LogP contribution in [0.2, 0.25) is 0 Å². The van der Waals surface area contributed by atoms with Crippen LogP contribution < -0.4 is 11.1 Å². The van der Waals surface area contributed by atoms with Crippen LogP contribution in [0, 0.1) is 11.6 Å². The van der Waals surface area contributed by atoms with E-state index in [1.54, 1.807) is 0 Å². The molecule has 1 unspecified atom stereocenters. The minimum atomic E-state index is -0.683. The van der Waals surface area contributed by atoms with Crippen LogP contribution in [0.1, 0.15) is 17.9 Å². The Morgan fingerprint density at radius 3 is 2.71 bits per heavy atom. The Morgan fingerprint density at radius 1 is 1.29 bits per heavy atom. The molecule has 1 aromatic rings. The summed E-state index contributed by atoms with van der Waals surface area (Å²) in [7, 11) is 0. The maximum Gasteiger partial charge on any atom is 0.149 e. The zero-order valence-corrected chi connectivity index (χ0v) is 7.69. The van der Waals surface area contributed by atoms with Gasteiger partial charge in [0.1, 0.15) is 11.6 Å². The highest BCUT2D eigenvalue weighted by atomic mass is 19.1. The van der Waals surface area contributed by atoms with Crippen molar-refractivity contribution in [2.45, 2.75) is 12.3 Å². The van der Waals surface area contributed by atoms with Gasteiger partial charge >= 0.3 is 0 Å². The van der Waals surface area contributed by atoms with Crippen molar-refractivity contribution in [3.05, 3.63) is 29.3 Å². The van der Waals surface area contributed by atoms with Gasteiger partial charge in [-0.2, -0.15) is 0 Å². The summed E-state index contributed by atoms with van der Waals surface area (Å²) in [6.07, 6.45) is 0.877. The molecule has 1 aliphatic rings. The standard InChI is InChI=1S/C10H12F2N2/c11-8-4-9(12)10(13)3-7(8)6-1-2-14-5-6/h3-4,6,14H,1-2,5,13H2. The third-order valence-corrected chi connectivity index (χ3v) is 2.62. The van der Waals surface area contributed by atoms with Crippen LogP contribution in [0.25, 0.3) is 0 Å². The van der Waals surface area contributed by atoms with E-state index in [0.717, 1.165) is 25.6 Å². The van der Waals surface area contributed by atoms with E-state index in [0.29, 0.717) is 5.56 Å². The van der Waals surface area contributed by atoms with Crippen molar-refractivity contribution in [1.82, 2.24) is 5.32 Å². The number of halogens is 2. The molecule has 1 atom stereocenters. The lowest BCUT2D eigenvalue weighted by molar-refractivity contribution is 0.561. The highest BCUT2D eigenvalue weighted by Crippen LogP contribution is 2.27. The summed E-state index contributed by atoms with van der Waals surface area (Å²) in [6, 6.07) is 2.27. The van der Waals surface area contributed by atoms with Crippen LogP contribution in [0.5, 0.6) is 0 Å². The second-order valence-corrected chi connectivity index (χ2v) is 3.58. The van der Waals surface area contributed by atoms with Gasteiger partial charge in [0.2, 0.25) is 0 Å². The van der Waals surface area contributed by atoms with Crippen LogP contribution in [0.4, 0.5) is 14.5 Å². The molecule has 1 heterocycles. The molecule has 0 spiro atoms. The maximum absolute atomic E-state index is 13.4. The summed E-state index contributed by atoms with van der Waals surface area (Å²) in [5, 5.41) is 3.13. The molecule has 0 amide bonds. The molecule has 0 aromatic heterocycles. The summed E-state index contributed by atoms with van der Waals surface area (Å²) in [5.41, 5.74) is 5.94. The Labute approximate surface area is 81.1 Å². The minimum absolute atomic E-state index is 0.0216. The Balaban J connectivity index is 2.37. The summed E-state index contributed by atoms with van der Waals surface area (Å²) in [4.78, 5) is 0. The first-order valence-electron chi connectivity index (χ1n) is 4.63. The van der Waals surface area contributed by atoms with Gasteiger partial charge < -0.3 is 11.1 Å². The molecule has 4 heteroatoms. The molecule has 14 heavy (non-hydrogen) atoms. The fourth-order valence-electron chi connectivity index (χ4n) is 1.82. The molecule has 76 valence electrons. The number of benzene rings is 1. The van der Waals surface area contributed by atoms with Gasteiger partial charge in [-0.1, -0.05) is 0 Å². The Kier molecular flexibility index (Phi) is 2.37. The molecular weight excluding hydrogens is 186 g/mol. The topological polar surface area (TPSA) is 38.0 Å².